The number of carbonyl (C=O) groups excluding carboxylic acids is 2. The smallest absolute Gasteiger partial charge is 0.276 e. The second-order valence-electron chi connectivity index (χ2n) is 6.53. The lowest BCUT2D eigenvalue weighted by molar-refractivity contribution is -0.123. The molecule has 3 aromatic rings. The van der Waals surface area contributed by atoms with E-state index >= 15 is 0 Å². The fourth-order valence-electron chi connectivity index (χ4n) is 2.65. The maximum Gasteiger partial charge on any atom is 0.276 e. The first-order valence-corrected chi connectivity index (χ1v) is 10.4. The van der Waals surface area contributed by atoms with E-state index in [0.717, 1.165) is 11.1 Å². The predicted molar refractivity (Wildman–Crippen MR) is 130 cm³/mol. The number of thiocarbonyl (C=S) groups is 1. The van der Waals surface area contributed by atoms with E-state index in [1.165, 1.54) is 6.08 Å². The van der Waals surface area contributed by atoms with E-state index in [9.17, 15) is 9.59 Å². The maximum absolute atomic E-state index is 11.9. The Morgan fingerprint density at radius 1 is 0.875 bits per heavy atom. The molecule has 0 aliphatic rings. The zero-order chi connectivity index (χ0) is 22.8. The third-order valence-corrected chi connectivity index (χ3v) is 4.75. The highest BCUT2D eigenvalue weighted by molar-refractivity contribution is 7.80. The highest BCUT2D eigenvalue weighted by atomic mass is 35.5. The minimum Gasteiger partial charge on any atom is -0.484 e. The molecule has 162 valence electrons. The number of halogens is 1. The molecule has 0 radical (unpaired) electrons. The number of hydrogen-bond acceptors (Lipinski definition) is 4. The summed E-state index contributed by atoms with van der Waals surface area (Å²) in [5.41, 5.74) is 7.66. The van der Waals surface area contributed by atoms with Crippen LogP contribution in [0.15, 0.2) is 84.9 Å². The predicted octanol–water partition coefficient (Wildman–Crippen LogP) is 4.12. The van der Waals surface area contributed by atoms with Gasteiger partial charge >= 0.3 is 0 Å². The van der Waals surface area contributed by atoms with Crippen LogP contribution in [0.4, 0.5) is 0 Å². The Kier molecular flexibility index (Phi) is 8.36. The molecule has 0 heterocycles. The molecule has 3 N–H and O–H groups in total. The van der Waals surface area contributed by atoms with Gasteiger partial charge in [0.1, 0.15) is 5.75 Å². The molecule has 8 heteroatoms. The zero-order valence-corrected chi connectivity index (χ0v) is 18.5. The van der Waals surface area contributed by atoms with Gasteiger partial charge in [-0.15, -0.1) is 0 Å². The molecule has 0 fully saturated rings. The summed E-state index contributed by atoms with van der Waals surface area (Å²) in [6.07, 6.45) is 2.86. The van der Waals surface area contributed by atoms with Gasteiger partial charge in [-0.2, -0.15) is 0 Å². The highest BCUT2D eigenvalue weighted by Crippen LogP contribution is 2.22. The van der Waals surface area contributed by atoms with E-state index in [-0.39, 0.29) is 11.7 Å². The van der Waals surface area contributed by atoms with E-state index in [1.54, 1.807) is 36.4 Å². The van der Waals surface area contributed by atoms with Gasteiger partial charge in [0.25, 0.3) is 5.91 Å². The van der Waals surface area contributed by atoms with Gasteiger partial charge in [0.05, 0.1) is 0 Å². The third-order valence-electron chi connectivity index (χ3n) is 4.20. The number of benzene rings is 3. The first-order chi connectivity index (χ1) is 15.5. The van der Waals surface area contributed by atoms with Gasteiger partial charge in [-0.1, -0.05) is 72.3 Å². The Balaban J connectivity index is 1.38. The van der Waals surface area contributed by atoms with E-state index < -0.39 is 11.8 Å². The molecule has 3 aromatic carbocycles. The van der Waals surface area contributed by atoms with Crippen molar-refractivity contribution in [3.05, 3.63) is 95.5 Å². The minimum absolute atomic E-state index is 0.0561. The number of amides is 2. The number of ether oxygens (including phenoxy) is 1. The molecular formula is C24H20ClN3O3S. The molecular weight excluding hydrogens is 446 g/mol. The van der Waals surface area contributed by atoms with Crippen molar-refractivity contribution in [2.45, 2.75) is 0 Å². The monoisotopic (exact) mass is 465 g/mol. The first-order valence-electron chi connectivity index (χ1n) is 9.62. The lowest BCUT2D eigenvalue weighted by atomic mass is 10.1. The number of carbonyl (C=O) groups is 2. The number of rotatable bonds is 6. The van der Waals surface area contributed by atoms with Gasteiger partial charge in [0, 0.05) is 11.1 Å². The molecule has 2 amide bonds. The fourth-order valence-corrected chi connectivity index (χ4v) is 3.00. The summed E-state index contributed by atoms with van der Waals surface area (Å²) in [6.45, 7) is -0.222. The average Bonchev–Trinajstić information content (AvgIpc) is 2.82. The molecule has 0 aliphatic heterocycles. The van der Waals surface area contributed by atoms with Crippen LogP contribution in [0.5, 0.6) is 5.75 Å². The summed E-state index contributed by atoms with van der Waals surface area (Å²) in [7, 11) is 0. The molecule has 0 bridgehead atoms. The van der Waals surface area contributed by atoms with Crippen LogP contribution >= 0.6 is 23.8 Å². The zero-order valence-electron chi connectivity index (χ0n) is 16.9. The summed E-state index contributed by atoms with van der Waals surface area (Å²) >= 11 is 11.0. The van der Waals surface area contributed by atoms with Crippen LogP contribution in [0, 0.1) is 0 Å². The topological polar surface area (TPSA) is 79.5 Å². The van der Waals surface area contributed by atoms with Crippen LogP contribution < -0.4 is 20.9 Å². The summed E-state index contributed by atoms with van der Waals surface area (Å²) in [5.74, 6) is -0.368. The average molecular weight is 466 g/mol. The van der Waals surface area contributed by atoms with E-state index in [0.29, 0.717) is 16.3 Å². The van der Waals surface area contributed by atoms with Crippen LogP contribution in [0.3, 0.4) is 0 Å². The van der Waals surface area contributed by atoms with Crippen LogP contribution in [-0.4, -0.2) is 23.5 Å². The Morgan fingerprint density at radius 2 is 1.53 bits per heavy atom. The molecule has 32 heavy (non-hydrogen) atoms. The van der Waals surface area contributed by atoms with Gasteiger partial charge in [0.15, 0.2) is 11.7 Å². The second-order valence-corrected chi connectivity index (χ2v) is 7.34. The molecule has 0 saturated heterocycles. The number of hydrazine groups is 1. The quantitative estimate of drug-likeness (QED) is 0.290. The van der Waals surface area contributed by atoms with Crippen molar-refractivity contribution >= 4 is 46.8 Å². The largest absolute Gasteiger partial charge is 0.484 e. The number of nitrogens with one attached hydrogen (secondary N) is 3. The number of hydrogen-bond donors (Lipinski definition) is 3. The van der Waals surface area contributed by atoms with E-state index in [2.05, 4.69) is 16.2 Å². The Hall–Kier alpha value is -3.68. The highest BCUT2D eigenvalue weighted by Gasteiger charge is 2.06. The van der Waals surface area contributed by atoms with Gasteiger partial charge in [-0.3, -0.25) is 25.8 Å². The van der Waals surface area contributed by atoms with Crippen molar-refractivity contribution in [3.63, 3.8) is 0 Å². The molecule has 0 spiro atoms. The normalized spacial score (nSPS) is 10.4. The first kappa shape index (κ1) is 23.0. The van der Waals surface area contributed by atoms with Gasteiger partial charge in [-0.05, 0) is 53.2 Å². The van der Waals surface area contributed by atoms with Crippen LogP contribution in [-0.2, 0) is 9.59 Å². The summed E-state index contributed by atoms with van der Waals surface area (Å²) < 4.78 is 5.46. The Bertz CT molecular complexity index is 1120. The summed E-state index contributed by atoms with van der Waals surface area (Å²) in [6, 6.07) is 24.5. The van der Waals surface area contributed by atoms with Gasteiger partial charge in [-0.25, -0.2) is 0 Å². The Labute approximate surface area is 196 Å². The van der Waals surface area contributed by atoms with E-state index in [4.69, 9.17) is 28.6 Å². The molecule has 0 saturated carbocycles. The fraction of sp³-hybridized carbons (Fsp3) is 0.0417. The SMILES string of the molecule is O=C(/C=C/c1ccccc1Cl)NC(=S)NNC(=O)COc1ccc(-c2ccccc2)cc1. The molecule has 0 atom stereocenters. The maximum atomic E-state index is 11.9. The van der Waals surface area contributed by atoms with Crippen LogP contribution in [0.1, 0.15) is 5.56 Å². The lowest BCUT2D eigenvalue weighted by Gasteiger charge is -2.11. The lowest BCUT2D eigenvalue weighted by Crippen LogP contribution is -2.49. The van der Waals surface area contributed by atoms with Crippen molar-refractivity contribution in [2.24, 2.45) is 0 Å². The summed E-state index contributed by atoms with van der Waals surface area (Å²) in [4.78, 5) is 23.9. The molecule has 3 rings (SSSR count). The van der Waals surface area contributed by atoms with Crippen molar-refractivity contribution < 1.29 is 14.3 Å². The summed E-state index contributed by atoms with van der Waals surface area (Å²) in [5, 5.41) is 2.89. The van der Waals surface area contributed by atoms with Crippen LogP contribution in [0.2, 0.25) is 5.02 Å². The van der Waals surface area contributed by atoms with Crippen molar-refractivity contribution in [2.75, 3.05) is 6.61 Å². The molecule has 6 nitrogen and oxygen atoms in total. The second kappa shape index (κ2) is 11.6. The third kappa shape index (κ3) is 7.23. The minimum atomic E-state index is -0.466. The van der Waals surface area contributed by atoms with Gasteiger partial charge in [0.2, 0.25) is 5.91 Å². The van der Waals surface area contributed by atoms with Crippen molar-refractivity contribution in [3.8, 4) is 16.9 Å². The van der Waals surface area contributed by atoms with Gasteiger partial charge < -0.3 is 4.74 Å². The standard InChI is InChI=1S/C24H20ClN3O3S/c25-21-9-5-4-8-19(21)12-15-22(29)26-24(32)28-27-23(30)16-31-20-13-10-18(11-14-20)17-6-2-1-3-7-17/h1-15H,16H2,(H,27,30)(H2,26,28,29,32)/b15-12+. The molecule has 0 aromatic heterocycles. The Morgan fingerprint density at radius 3 is 2.25 bits per heavy atom. The van der Waals surface area contributed by atoms with Crippen molar-refractivity contribution in [1.29, 1.82) is 0 Å². The van der Waals surface area contributed by atoms with E-state index in [1.807, 2.05) is 48.5 Å². The van der Waals surface area contributed by atoms with Crippen molar-refractivity contribution in [1.82, 2.24) is 16.2 Å². The van der Waals surface area contributed by atoms with Crippen LogP contribution in [0.25, 0.3) is 17.2 Å². The molecule has 0 unspecified atom stereocenters. The molecule has 0 aliphatic carbocycles.